The van der Waals surface area contributed by atoms with Crippen LogP contribution in [-0.2, 0) is 11.2 Å². The number of nitrogens with one attached hydrogen (secondary N) is 1. The van der Waals surface area contributed by atoms with E-state index >= 15 is 0 Å². The largest absolute Gasteiger partial charge is 0.454 e. The number of aryl methyl sites for hydroxylation is 1. The number of fused-ring (bicyclic) bond motifs is 1. The number of aromatic nitrogens is 1. The van der Waals surface area contributed by atoms with Crippen molar-refractivity contribution in [2.24, 2.45) is 0 Å². The van der Waals surface area contributed by atoms with E-state index in [-0.39, 0.29) is 19.1 Å². The first-order valence-electron chi connectivity index (χ1n) is 7.80. The van der Waals surface area contributed by atoms with Gasteiger partial charge in [0.25, 0.3) is 0 Å². The Kier molecular flexibility index (Phi) is 4.71. The zero-order valence-corrected chi connectivity index (χ0v) is 14.1. The molecule has 1 aliphatic rings. The lowest BCUT2D eigenvalue weighted by molar-refractivity contribution is -0.120. The number of carbonyl (C=O) groups excluding carboxylic acids is 1. The number of hydrogen-bond acceptors (Lipinski definition) is 6. The van der Waals surface area contributed by atoms with Crippen molar-refractivity contribution in [3.63, 3.8) is 0 Å². The highest BCUT2D eigenvalue weighted by molar-refractivity contribution is 5.78. The predicted molar refractivity (Wildman–Crippen MR) is 88.1 cm³/mol. The third-order valence-corrected chi connectivity index (χ3v) is 3.72. The van der Waals surface area contributed by atoms with Crippen LogP contribution in [0.4, 0.5) is 0 Å². The first-order chi connectivity index (χ1) is 11.5. The van der Waals surface area contributed by atoms with Gasteiger partial charge in [-0.3, -0.25) is 4.79 Å². The maximum absolute atomic E-state index is 12.0. The van der Waals surface area contributed by atoms with E-state index in [1.807, 2.05) is 44.1 Å². The van der Waals surface area contributed by atoms with Crippen molar-refractivity contribution in [2.75, 3.05) is 34.0 Å². The molecule has 0 radical (unpaired) electrons. The van der Waals surface area contributed by atoms with E-state index < -0.39 is 0 Å². The highest BCUT2D eigenvalue weighted by atomic mass is 16.7. The Bertz CT molecular complexity index is 739. The topological polar surface area (TPSA) is 76.8 Å². The van der Waals surface area contributed by atoms with Crippen LogP contribution >= 0.6 is 0 Å². The number of likely N-dealkylation sites (N-methyl/N-ethyl adjacent to an activating group) is 1. The zero-order valence-electron chi connectivity index (χ0n) is 14.1. The minimum atomic E-state index is -0.0644. The highest BCUT2D eigenvalue weighted by Crippen LogP contribution is 2.36. The zero-order chi connectivity index (χ0) is 17.1. The molecule has 0 atom stereocenters. The van der Waals surface area contributed by atoms with Crippen molar-refractivity contribution < 1.29 is 18.7 Å². The number of carbonyl (C=O) groups is 1. The van der Waals surface area contributed by atoms with Crippen molar-refractivity contribution in [1.82, 2.24) is 15.2 Å². The molecule has 1 aromatic carbocycles. The molecule has 128 valence electrons. The Morgan fingerprint density at radius 1 is 1.29 bits per heavy atom. The summed E-state index contributed by atoms with van der Waals surface area (Å²) in [5, 5.41) is 2.87. The number of hydrogen-bond donors (Lipinski definition) is 1. The Labute approximate surface area is 140 Å². The standard InChI is InChI=1S/C17H21N3O4/c1-11-13(9-16(21)18-6-7-20(2)3)19-17(24-11)12-4-5-14-15(8-12)23-10-22-14/h4-5,8H,6-7,9-10H2,1-3H3,(H,18,21). The molecule has 0 spiro atoms. The van der Waals surface area contributed by atoms with Gasteiger partial charge in [-0.2, -0.15) is 0 Å². The molecule has 1 aromatic heterocycles. The van der Waals surface area contributed by atoms with Crippen molar-refractivity contribution in [1.29, 1.82) is 0 Å². The molecule has 1 aliphatic heterocycles. The van der Waals surface area contributed by atoms with E-state index in [4.69, 9.17) is 13.9 Å². The lowest BCUT2D eigenvalue weighted by Gasteiger charge is -2.09. The molecule has 0 fully saturated rings. The molecule has 7 nitrogen and oxygen atoms in total. The summed E-state index contributed by atoms with van der Waals surface area (Å²) in [6, 6.07) is 5.51. The van der Waals surface area contributed by atoms with E-state index in [2.05, 4.69) is 10.3 Å². The molecule has 0 saturated carbocycles. The Hall–Kier alpha value is -2.54. The van der Waals surface area contributed by atoms with Gasteiger partial charge >= 0.3 is 0 Å². The van der Waals surface area contributed by atoms with Crippen molar-refractivity contribution in [3.8, 4) is 23.0 Å². The molecule has 0 aliphatic carbocycles. The molecular formula is C17H21N3O4. The molecule has 2 heterocycles. The van der Waals surface area contributed by atoms with Crippen molar-refractivity contribution >= 4 is 5.91 Å². The third-order valence-electron chi connectivity index (χ3n) is 3.72. The van der Waals surface area contributed by atoms with Crippen LogP contribution in [0.1, 0.15) is 11.5 Å². The molecule has 1 amide bonds. The Morgan fingerprint density at radius 2 is 2.08 bits per heavy atom. The lowest BCUT2D eigenvalue weighted by atomic mass is 10.2. The van der Waals surface area contributed by atoms with Crippen LogP contribution in [0.3, 0.4) is 0 Å². The van der Waals surface area contributed by atoms with E-state index in [1.165, 1.54) is 0 Å². The summed E-state index contributed by atoms with van der Waals surface area (Å²) in [4.78, 5) is 18.5. The second-order valence-electron chi connectivity index (χ2n) is 5.92. The van der Waals surface area contributed by atoms with Gasteiger partial charge in [0.15, 0.2) is 11.5 Å². The molecule has 3 rings (SSSR count). The fraction of sp³-hybridized carbons (Fsp3) is 0.412. The van der Waals surface area contributed by atoms with Gasteiger partial charge in [-0.25, -0.2) is 4.98 Å². The minimum absolute atomic E-state index is 0.0644. The maximum atomic E-state index is 12.0. The maximum Gasteiger partial charge on any atom is 0.231 e. The normalized spacial score (nSPS) is 12.7. The van der Waals surface area contributed by atoms with Crippen molar-refractivity contribution in [3.05, 3.63) is 29.7 Å². The number of oxazole rings is 1. The van der Waals surface area contributed by atoms with Gasteiger partial charge in [-0.05, 0) is 39.2 Å². The average Bonchev–Trinajstić information content (AvgIpc) is 3.13. The monoisotopic (exact) mass is 331 g/mol. The summed E-state index contributed by atoms with van der Waals surface area (Å²) >= 11 is 0. The number of ether oxygens (including phenoxy) is 2. The fourth-order valence-corrected chi connectivity index (χ4v) is 2.38. The summed E-state index contributed by atoms with van der Waals surface area (Å²) in [6.07, 6.45) is 0.202. The predicted octanol–water partition coefficient (Wildman–Crippen LogP) is 1.60. The Morgan fingerprint density at radius 3 is 2.88 bits per heavy atom. The molecule has 0 bridgehead atoms. The molecule has 1 N–H and O–H groups in total. The molecule has 24 heavy (non-hydrogen) atoms. The van der Waals surface area contributed by atoms with Crippen LogP contribution in [-0.4, -0.2) is 49.8 Å². The molecule has 2 aromatic rings. The van der Waals surface area contributed by atoms with Gasteiger partial charge in [-0.15, -0.1) is 0 Å². The summed E-state index contributed by atoms with van der Waals surface area (Å²) < 4.78 is 16.4. The second-order valence-corrected chi connectivity index (χ2v) is 5.92. The number of amides is 1. The minimum Gasteiger partial charge on any atom is -0.454 e. The van der Waals surface area contributed by atoms with Crippen LogP contribution in [0.15, 0.2) is 22.6 Å². The second kappa shape index (κ2) is 6.92. The summed E-state index contributed by atoms with van der Waals surface area (Å²) in [7, 11) is 3.93. The first-order valence-corrected chi connectivity index (χ1v) is 7.80. The fourth-order valence-electron chi connectivity index (χ4n) is 2.38. The number of rotatable bonds is 6. The summed E-state index contributed by atoms with van der Waals surface area (Å²) in [5.41, 5.74) is 1.44. The van der Waals surface area contributed by atoms with E-state index in [1.54, 1.807) is 0 Å². The lowest BCUT2D eigenvalue weighted by Crippen LogP contribution is -2.32. The third kappa shape index (κ3) is 3.68. The van der Waals surface area contributed by atoms with Crippen molar-refractivity contribution in [2.45, 2.75) is 13.3 Å². The number of benzene rings is 1. The molecular weight excluding hydrogens is 310 g/mol. The van der Waals surface area contributed by atoms with Gasteiger partial charge in [0.2, 0.25) is 18.6 Å². The molecule has 0 saturated heterocycles. The van der Waals surface area contributed by atoms with Gasteiger partial charge in [-0.1, -0.05) is 0 Å². The number of nitrogens with zero attached hydrogens (tertiary/aromatic N) is 2. The summed E-state index contributed by atoms with van der Waals surface area (Å²) in [6.45, 7) is 3.44. The van der Waals surface area contributed by atoms with Crippen LogP contribution in [0.5, 0.6) is 11.5 Å². The smallest absolute Gasteiger partial charge is 0.231 e. The quantitative estimate of drug-likeness (QED) is 0.866. The molecule has 0 unspecified atom stereocenters. The van der Waals surface area contributed by atoms with E-state index in [9.17, 15) is 4.79 Å². The van der Waals surface area contributed by atoms with Gasteiger partial charge in [0.05, 0.1) is 12.1 Å². The average molecular weight is 331 g/mol. The Balaban J connectivity index is 1.68. The van der Waals surface area contributed by atoms with Crippen LogP contribution < -0.4 is 14.8 Å². The first kappa shape index (κ1) is 16.3. The van der Waals surface area contributed by atoms with Crippen LogP contribution in [0, 0.1) is 6.92 Å². The van der Waals surface area contributed by atoms with Gasteiger partial charge in [0.1, 0.15) is 5.76 Å². The highest BCUT2D eigenvalue weighted by Gasteiger charge is 2.18. The molecule has 7 heteroatoms. The van der Waals surface area contributed by atoms with Crippen LogP contribution in [0.2, 0.25) is 0 Å². The summed E-state index contributed by atoms with van der Waals surface area (Å²) in [5.74, 6) is 2.44. The SMILES string of the molecule is Cc1oc(-c2ccc3c(c2)OCO3)nc1CC(=O)NCCN(C)C. The van der Waals surface area contributed by atoms with E-state index in [0.717, 1.165) is 12.1 Å². The van der Waals surface area contributed by atoms with Gasteiger partial charge in [0, 0.05) is 18.7 Å². The van der Waals surface area contributed by atoms with Crippen LogP contribution in [0.25, 0.3) is 11.5 Å². The van der Waals surface area contributed by atoms with Gasteiger partial charge < -0.3 is 24.1 Å². The van der Waals surface area contributed by atoms with E-state index in [0.29, 0.717) is 35.4 Å².